The van der Waals surface area contributed by atoms with E-state index >= 15 is 0 Å². The Labute approximate surface area is 102 Å². The number of benzene rings is 1. The lowest BCUT2D eigenvalue weighted by molar-refractivity contribution is -0.139. The summed E-state index contributed by atoms with van der Waals surface area (Å²) in [7, 11) is -1.99. The minimum atomic E-state index is -3.29. The quantitative estimate of drug-likeness (QED) is 0.767. The number of carbonyl (C=O) groups excluding carboxylic acids is 1. The summed E-state index contributed by atoms with van der Waals surface area (Å²) in [5, 5.41) is -0.476. The number of hydrogen-bond acceptors (Lipinski definition) is 4. The van der Waals surface area contributed by atoms with Gasteiger partial charge in [0.1, 0.15) is 0 Å². The molecule has 0 aromatic heterocycles. The molecule has 1 aromatic carbocycles. The Bertz CT molecular complexity index is 503. The van der Waals surface area contributed by atoms with E-state index in [1.54, 1.807) is 26.0 Å². The van der Waals surface area contributed by atoms with E-state index in [0.717, 1.165) is 0 Å². The molecule has 0 atom stereocenters. The summed E-state index contributed by atoms with van der Waals surface area (Å²) in [5.74, 6) is -0.385. The molecule has 0 unspecified atom stereocenters. The van der Waals surface area contributed by atoms with Crippen LogP contribution in [0.3, 0.4) is 0 Å². The molecular formula is C12H16O4S. The van der Waals surface area contributed by atoms with Crippen molar-refractivity contribution in [2.75, 3.05) is 7.11 Å². The molecule has 0 saturated heterocycles. The normalized spacial score (nSPS) is 11.5. The fraction of sp³-hybridized carbons (Fsp3) is 0.417. The molecule has 0 fully saturated rings. The molecule has 17 heavy (non-hydrogen) atoms. The van der Waals surface area contributed by atoms with Gasteiger partial charge in [-0.2, -0.15) is 0 Å². The van der Waals surface area contributed by atoms with Crippen LogP contribution in [0.4, 0.5) is 0 Å². The monoisotopic (exact) mass is 256 g/mol. The Kier molecular flexibility index (Phi) is 4.28. The third-order valence-corrected chi connectivity index (χ3v) is 4.58. The van der Waals surface area contributed by atoms with E-state index < -0.39 is 15.1 Å². The highest BCUT2D eigenvalue weighted by Gasteiger charge is 2.19. The lowest BCUT2D eigenvalue weighted by Crippen LogP contribution is -2.14. The van der Waals surface area contributed by atoms with Crippen LogP contribution < -0.4 is 0 Å². The maximum Gasteiger partial charge on any atom is 0.309 e. The van der Waals surface area contributed by atoms with E-state index in [-0.39, 0.29) is 17.3 Å². The standard InChI is InChI=1S/C12H16O4S/c1-9(2)17(14,15)11-6-4-5-10(7-11)8-12(13)16-3/h4-7,9H,8H2,1-3H3. The van der Waals surface area contributed by atoms with Gasteiger partial charge in [-0.15, -0.1) is 0 Å². The van der Waals surface area contributed by atoms with Crippen LogP contribution in [0.1, 0.15) is 19.4 Å². The van der Waals surface area contributed by atoms with Crippen LogP contribution in [-0.4, -0.2) is 26.7 Å². The summed E-state index contributed by atoms with van der Waals surface area (Å²) in [6.07, 6.45) is 0.0813. The molecule has 0 bridgehead atoms. The van der Waals surface area contributed by atoms with Gasteiger partial charge in [-0.1, -0.05) is 12.1 Å². The molecule has 0 saturated carbocycles. The first-order valence-electron chi connectivity index (χ1n) is 5.27. The highest BCUT2D eigenvalue weighted by atomic mass is 32.2. The third kappa shape index (κ3) is 3.30. The Hall–Kier alpha value is -1.36. The molecule has 0 amide bonds. The van der Waals surface area contributed by atoms with Crippen molar-refractivity contribution >= 4 is 15.8 Å². The summed E-state index contributed by atoms with van der Waals surface area (Å²) in [5.41, 5.74) is 0.638. The first-order valence-corrected chi connectivity index (χ1v) is 6.82. The zero-order chi connectivity index (χ0) is 13.1. The number of methoxy groups -OCH3 is 1. The molecule has 4 nitrogen and oxygen atoms in total. The van der Waals surface area contributed by atoms with Crippen molar-refractivity contribution in [3.63, 3.8) is 0 Å². The average Bonchev–Trinajstić information content (AvgIpc) is 2.29. The molecular weight excluding hydrogens is 240 g/mol. The summed E-state index contributed by atoms with van der Waals surface area (Å²) in [6, 6.07) is 6.40. The molecule has 0 spiro atoms. The number of carbonyl (C=O) groups is 1. The summed E-state index contributed by atoms with van der Waals surface area (Å²) in [6.45, 7) is 3.25. The fourth-order valence-corrected chi connectivity index (χ4v) is 2.47. The minimum absolute atomic E-state index is 0.0813. The minimum Gasteiger partial charge on any atom is -0.469 e. The van der Waals surface area contributed by atoms with Crippen LogP contribution in [-0.2, 0) is 25.8 Å². The van der Waals surface area contributed by atoms with Gasteiger partial charge in [-0.3, -0.25) is 4.79 Å². The van der Waals surface area contributed by atoms with Crippen LogP contribution >= 0.6 is 0 Å². The van der Waals surface area contributed by atoms with E-state index in [2.05, 4.69) is 4.74 Å². The van der Waals surface area contributed by atoms with Gasteiger partial charge in [0.25, 0.3) is 0 Å². The molecule has 0 N–H and O–H groups in total. The fourth-order valence-electron chi connectivity index (χ4n) is 1.34. The Morgan fingerprint density at radius 1 is 1.35 bits per heavy atom. The van der Waals surface area contributed by atoms with Crippen molar-refractivity contribution in [2.24, 2.45) is 0 Å². The van der Waals surface area contributed by atoms with Gasteiger partial charge in [0, 0.05) is 0 Å². The third-order valence-electron chi connectivity index (χ3n) is 2.42. The van der Waals surface area contributed by atoms with Crippen molar-refractivity contribution in [1.82, 2.24) is 0 Å². The Morgan fingerprint density at radius 2 is 2.00 bits per heavy atom. The highest BCUT2D eigenvalue weighted by molar-refractivity contribution is 7.92. The molecule has 1 aromatic rings. The van der Waals surface area contributed by atoms with Crippen molar-refractivity contribution in [3.8, 4) is 0 Å². The van der Waals surface area contributed by atoms with Gasteiger partial charge in [0.15, 0.2) is 9.84 Å². The number of esters is 1. The smallest absolute Gasteiger partial charge is 0.309 e. The first kappa shape index (κ1) is 13.7. The van der Waals surface area contributed by atoms with Crippen LogP contribution in [0.25, 0.3) is 0 Å². The highest BCUT2D eigenvalue weighted by Crippen LogP contribution is 2.17. The number of sulfone groups is 1. The van der Waals surface area contributed by atoms with Crippen molar-refractivity contribution in [3.05, 3.63) is 29.8 Å². The SMILES string of the molecule is COC(=O)Cc1cccc(S(=O)(=O)C(C)C)c1. The predicted octanol–water partition coefficient (Wildman–Crippen LogP) is 1.58. The number of rotatable bonds is 4. The topological polar surface area (TPSA) is 60.4 Å². The lowest BCUT2D eigenvalue weighted by atomic mass is 10.1. The van der Waals surface area contributed by atoms with Crippen LogP contribution in [0, 0.1) is 0 Å². The predicted molar refractivity (Wildman–Crippen MR) is 64.5 cm³/mol. The van der Waals surface area contributed by atoms with Gasteiger partial charge >= 0.3 is 5.97 Å². The van der Waals surface area contributed by atoms with E-state index in [1.165, 1.54) is 19.2 Å². The zero-order valence-electron chi connectivity index (χ0n) is 10.1. The molecule has 94 valence electrons. The molecule has 0 aliphatic rings. The second-order valence-corrected chi connectivity index (χ2v) is 6.50. The van der Waals surface area contributed by atoms with Gasteiger partial charge in [0.05, 0.1) is 23.7 Å². The summed E-state index contributed by atoms with van der Waals surface area (Å²) in [4.78, 5) is 11.3. The molecule has 5 heteroatoms. The van der Waals surface area contributed by atoms with Gasteiger partial charge in [-0.05, 0) is 31.5 Å². The average molecular weight is 256 g/mol. The second kappa shape index (κ2) is 5.31. The first-order chi connectivity index (χ1) is 7.87. The van der Waals surface area contributed by atoms with E-state index in [4.69, 9.17) is 0 Å². The Balaban J connectivity index is 3.06. The van der Waals surface area contributed by atoms with Crippen LogP contribution in [0.5, 0.6) is 0 Å². The summed E-state index contributed by atoms with van der Waals surface area (Å²) < 4.78 is 28.4. The molecule has 0 aliphatic heterocycles. The lowest BCUT2D eigenvalue weighted by Gasteiger charge is -2.09. The van der Waals surface area contributed by atoms with Crippen molar-refractivity contribution in [1.29, 1.82) is 0 Å². The van der Waals surface area contributed by atoms with Crippen molar-refractivity contribution < 1.29 is 17.9 Å². The summed E-state index contributed by atoms with van der Waals surface area (Å²) >= 11 is 0. The maximum atomic E-state index is 11.9. The van der Waals surface area contributed by atoms with E-state index in [0.29, 0.717) is 5.56 Å². The Morgan fingerprint density at radius 3 is 2.53 bits per heavy atom. The van der Waals surface area contributed by atoms with Crippen LogP contribution in [0.2, 0.25) is 0 Å². The molecule has 1 rings (SSSR count). The molecule has 0 heterocycles. The van der Waals surface area contributed by atoms with Crippen LogP contribution in [0.15, 0.2) is 29.2 Å². The van der Waals surface area contributed by atoms with Gasteiger partial charge < -0.3 is 4.74 Å². The van der Waals surface area contributed by atoms with Gasteiger partial charge in [-0.25, -0.2) is 8.42 Å². The van der Waals surface area contributed by atoms with E-state index in [1.807, 2.05) is 0 Å². The van der Waals surface area contributed by atoms with Gasteiger partial charge in [0.2, 0.25) is 0 Å². The van der Waals surface area contributed by atoms with Crippen molar-refractivity contribution in [2.45, 2.75) is 30.4 Å². The molecule has 0 radical (unpaired) electrons. The number of hydrogen-bond donors (Lipinski definition) is 0. The largest absolute Gasteiger partial charge is 0.469 e. The zero-order valence-corrected chi connectivity index (χ0v) is 11.0. The van der Waals surface area contributed by atoms with E-state index in [9.17, 15) is 13.2 Å². The maximum absolute atomic E-state index is 11.9. The second-order valence-electron chi connectivity index (χ2n) is 3.99. The molecule has 0 aliphatic carbocycles. The number of ether oxygens (including phenoxy) is 1.